The van der Waals surface area contributed by atoms with Gasteiger partial charge in [0.15, 0.2) is 0 Å². The molecule has 0 saturated carbocycles. The summed E-state index contributed by atoms with van der Waals surface area (Å²) in [4.78, 5) is 4.52. The molecule has 0 aliphatic heterocycles. The lowest BCUT2D eigenvalue weighted by molar-refractivity contribution is 0.381. The van der Waals surface area contributed by atoms with Crippen molar-refractivity contribution in [2.75, 3.05) is 0 Å². The Kier molecular flexibility index (Phi) is 19.2. The van der Waals surface area contributed by atoms with E-state index >= 15 is 0 Å². The van der Waals surface area contributed by atoms with Crippen LogP contribution in [-0.4, -0.2) is 27.1 Å². The maximum Gasteiger partial charge on any atom is 0.394 e. The van der Waals surface area contributed by atoms with Crippen LogP contribution in [0, 0.1) is 6.92 Å². The molecule has 1 aromatic heterocycles. The van der Waals surface area contributed by atoms with Crippen LogP contribution < -0.4 is 0 Å². The van der Waals surface area contributed by atoms with Gasteiger partial charge in [-0.1, -0.05) is 104 Å². The first-order chi connectivity index (χ1) is 14.8. The number of unbranched alkanes of at least 4 members (excludes halogenated alkanes) is 14. The van der Waals surface area contributed by atoms with Gasteiger partial charge in [-0.25, -0.2) is 4.98 Å². The van der Waals surface area contributed by atoms with Crippen molar-refractivity contribution in [2.24, 2.45) is 0 Å². The molecule has 7 heteroatoms. The number of hydrogen-bond acceptors (Lipinski definition) is 3. The van der Waals surface area contributed by atoms with Crippen LogP contribution in [-0.2, 0) is 23.4 Å². The Morgan fingerprint density at radius 1 is 0.742 bits per heavy atom. The Hall–Kier alpha value is -0.920. The minimum Gasteiger partial charge on any atom is -0.332 e. The molecule has 0 aliphatic carbocycles. The van der Waals surface area contributed by atoms with E-state index in [0.29, 0.717) is 0 Å². The second kappa shape index (κ2) is 19.7. The van der Waals surface area contributed by atoms with Crippen molar-refractivity contribution in [2.45, 2.75) is 136 Å². The largest absolute Gasteiger partial charge is 0.394 e. The van der Waals surface area contributed by atoms with Gasteiger partial charge < -0.3 is 4.57 Å². The van der Waals surface area contributed by atoms with Crippen molar-refractivity contribution >= 4 is 10.4 Å². The maximum absolute atomic E-state index is 8.74. The molecule has 0 bridgehead atoms. The first kappa shape index (κ1) is 30.1. The molecular weight excluding hydrogens is 412 g/mol. The molecule has 0 radical (unpaired) electrons. The van der Waals surface area contributed by atoms with Crippen LogP contribution in [0.3, 0.4) is 0 Å². The Balaban J connectivity index is 0.00000161. The van der Waals surface area contributed by atoms with Gasteiger partial charge in [-0.3, -0.25) is 9.11 Å². The second-order valence-electron chi connectivity index (χ2n) is 8.60. The Morgan fingerprint density at radius 2 is 1.13 bits per heavy atom. The number of nitrogens with zero attached hydrogens (tertiary/aromatic N) is 2. The minimum absolute atomic E-state index is 1.17. The van der Waals surface area contributed by atoms with Crippen LogP contribution >= 0.6 is 0 Å². The van der Waals surface area contributed by atoms with E-state index in [2.05, 4.69) is 36.5 Å². The van der Waals surface area contributed by atoms with Gasteiger partial charge in [0.1, 0.15) is 5.82 Å². The van der Waals surface area contributed by atoms with Gasteiger partial charge >= 0.3 is 10.4 Å². The molecule has 0 fully saturated rings. The summed E-state index contributed by atoms with van der Waals surface area (Å²) in [5, 5.41) is 0. The summed E-state index contributed by atoms with van der Waals surface area (Å²) in [5.74, 6) is 1.20. The molecule has 184 valence electrons. The lowest BCUT2D eigenvalue weighted by Crippen LogP contribution is -2.05. The van der Waals surface area contributed by atoms with E-state index in [1.165, 1.54) is 127 Å². The van der Waals surface area contributed by atoms with Crippen LogP contribution in [0.4, 0.5) is 0 Å². The molecule has 1 aromatic rings. The van der Waals surface area contributed by atoms with Crippen LogP contribution in [0.25, 0.3) is 0 Å². The topological polar surface area (TPSA) is 92.4 Å². The molecule has 0 saturated heterocycles. The van der Waals surface area contributed by atoms with E-state index in [1.54, 1.807) is 0 Å². The van der Waals surface area contributed by atoms with Crippen molar-refractivity contribution in [3.8, 4) is 0 Å². The highest BCUT2D eigenvalue weighted by Gasteiger charge is 2.05. The summed E-state index contributed by atoms with van der Waals surface area (Å²) in [6, 6.07) is 0. The highest BCUT2D eigenvalue weighted by atomic mass is 32.3. The lowest BCUT2D eigenvalue weighted by Gasteiger charge is -2.10. The zero-order valence-corrected chi connectivity index (χ0v) is 21.1. The summed E-state index contributed by atoms with van der Waals surface area (Å²) in [6.45, 7) is 7.88. The van der Waals surface area contributed by atoms with E-state index in [4.69, 9.17) is 17.5 Å². The molecule has 2 N–H and O–H groups in total. The number of aryl methyl sites for hydroxylation is 2. The van der Waals surface area contributed by atoms with E-state index < -0.39 is 10.4 Å². The average molecular weight is 461 g/mol. The standard InChI is InChI=1S/C24H46N2.H2O4S/c1-4-6-8-9-10-11-12-13-14-15-16-17-18-19-21-26-23(3)25-22-24(26)20-7-5-2;1-5(2,3)4/h22H,4-21H2,1-3H3;(H2,1,2,3,4). The van der Waals surface area contributed by atoms with Crippen LogP contribution in [0.2, 0.25) is 0 Å². The SMILES string of the molecule is CCCCCCCCCCCCCCCCn1c(CCCC)cnc1C.O=S(=O)(O)O. The summed E-state index contributed by atoms with van der Waals surface area (Å²) in [5.41, 5.74) is 1.44. The molecule has 0 spiro atoms. The molecule has 0 amide bonds. The number of rotatable bonds is 18. The third-order valence-corrected chi connectivity index (χ3v) is 5.66. The summed E-state index contributed by atoms with van der Waals surface area (Å²) in [7, 11) is -4.67. The van der Waals surface area contributed by atoms with E-state index in [9.17, 15) is 0 Å². The zero-order valence-electron chi connectivity index (χ0n) is 20.3. The van der Waals surface area contributed by atoms with Gasteiger partial charge in [-0.15, -0.1) is 0 Å². The fourth-order valence-electron chi connectivity index (χ4n) is 3.84. The molecule has 1 rings (SSSR count). The van der Waals surface area contributed by atoms with E-state index in [-0.39, 0.29) is 0 Å². The van der Waals surface area contributed by atoms with Crippen LogP contribution in [0.15, 0.2) is 6.20 Å². The number of imidazole rings is 1. The molecule has 0 unspecified atom stereocenters. The Morgan fingerprint density at radius 3 is 1.55 bits per heavy atom. The summed E-state index contributed by atoms with van der Waals surface area (Å²) in [6.07, 6.45) is 25.8. The third-order valence-electron chi connectivity index (χ3n) is 5.66. The van der Waals surface area contributed by atoms with Crippen molar-refractivity contribution in [1.29, 1.82) is 0 Å². The van der Waals surface area contributed by atoms with Gasteiger partial charge in [0, 0.05) is 18.4 Å². The second-order valence-corrected chi connectivity index (χ2v) is 9.49. The normalized spacial score (nSPS) is 11.4. The van der Waals surface area contributed by atoms with E-state index in [0.717, 1.165) is 0 Å². The molecule has 0 aromatic carbocycles. The first-order valence-corrected chi connectivity index (χ1v) is 13.9. The zero-order chi connectivity index (χ0) is 23.4. The van der Waals surface area contributed by atoms with Gasteiger partial charge in [0.25, 0.3) is 0 Å². The average Bonchev–Trinajstić information content (AvgIpc) is 3.05. The van der Waals surface area contributed by atoms with Crippen LogP contribution in [0.1, 0.15) is 128 Å². The molecule has 0 aliphatic rings. The molecule has 31 heavy (non-hydrogen) atoms. The van der Waals surface area contributed by atoms with Gasteiger partial charge in [0.2, 0.25) is 0 Å². The smallest absolute Gasteiger partial charge is 0.332 e. The van der Waals surface area contributed by atoms with Gasteiger partial charge in [0.05, 0.1) is 0 Å². The lowest BCUT2D eigenvalue weighted by atomic mass is 10.0. The molecule has 1 heterocycles. The summed E-state index contributed by atoms with van der Waals surface area (Å²) < 4.78 is 34.0. The molecule has 6 nitrogen and oxygen atoms in total. The van der Waals surface area contributed by atoms with E-state index in [1.807, 2.05) is 0 Å². The highest BCUT2D eigenvalue weighted by molar-refractivity contribution is 7.79. The third kappa shape index (κ3) is 20.7. The van der Waals surface area contributed by atoms with Crippen LogP contribution in [0.5, 0.6) is 0 Å². The highest BCUT2D eigenvalue weighted by Crippen LogP contribution is 2.14. The Labute approximate surface area is 191 Å². The first-order valence-electron chi connectivity index (χ1n) is 12.5. The van der Waals surface area contributed by atoms with Gasteiger partial charge in [-0.2, -0.15) is 8.42 Å². The fourth-order valence-corrected chi connectivity index (χ4v) is 3.84. The minimum atomic E-state index is -4.67. The van der Waals surface area contributed by atoms with Crippen molar-refractivity contribution in [3.05, 3.63) is 17.7 Å². The predicted octanol–water partition coefficient (Wildman–Crippen LogP) is 7.36. The summed E-state index contributed by atoms with van der Waals surface area (Å²) >= 11 is 0. The maximum atomic E-state index is 8.74. The number of hydrogen-bond donors (Lipinski definition) is 2. The monoisotopic (exact) mass is 460 g/mol. The van der Waals surface area contributed by atoms with Crippen molar-refractivity contribution in [1.82, 2.24) is 9.55 Å². The molecular formula is C24H48N2O4S. The predicted molar refractivity (Wildman–Crippen MR) is 130 cm³/mol. The quantitative estimate of drug-likeness (QED) is 0.176. The Bertz CT molecular complexity index is 622. The molecule has 0 atom stereocenters. The number of aromatic nitrogens is 2. The van der Waals surface area contributed by atoms with Gasteiger partial charge in [-0.05, 0) is 26.2 Å². The van der Waals surface area contributed by atoms with Crippen molar-refractivity contribution in [3.63, 3.8) is 0 Å². The van der Waals surface area contributed by atoms with Crippen molar-refractivity contribution < 1.29 is 17.5 Å². The fraction of sp³-hybridized carbons (Fsp3) is 0.875.